The second-order valence-electron chi connectivity index (χ2n) is 5.51. The predicted molar refractivity (Wildman–Crippen MR) is 72.9 cm³/mol. The summed E-state index contributed by atoms with van der Waals surface area (Å²) >= 11 is 1.51. The number of nitrogens with two attached hydrogens (primary N) is 1. The maximum atomic E-state index is 11.8. The Labute approximate surface area is 107 Å². The fourth-order valence-electron chi connectivity index (χ4n) is 1.27. The molecule has 1 amide bonds. The standard InChI is InChI=1S/C13H22N2OS/c1-9(13(2,3)4)8-15-12(16)11(14)10-6-5-7-17-10/h5-7,9,11H,8,14H2,1-4H3,(H,15,16). The number of hydrogen-bond acceptors (Lipinski definition) is 3. The van der Waals surface area contributed by atoms with Crippen molar-refractivity contribution in [1.29, 1.82) is 0 Å². The summed E-state index contributed by atoms with van der Waals surface area (Å²) in [6.45, 7) is 9.31. The summed E-state index contributed by atoms with van der Waals surface area (Å²) in [6.07, 6.45) is 0. The Morgan fingerprint density at radius 1 is 1.53 bits per heavy atom. The van der Waals surface area contributed by atoms with Crippen LogP contribution >= 0.6 is 11.3 Å². The molecule has 0 fully saturated rings. The van der Waals surface area contributed by atoms with E-state index in [1.807, 2.05) is 17.5 Å². The van der Waals surface area contributed by atoms with Crippen molar-refractivity contribution in [3.8, 4) is 0 Å². The number of carbonyl (C=O) groups is 1. The van der Waals surface area contributed by atoms with Gasteiger partial charge in [0.1, 0.15) is 6.04 Å². The summed E-state index contributed by atoms with van der Waals surface area (Å²) < 4.78 is 0. The van der Waals surface area contributed by atoms with Crippen LogP contribution in [0.2, 0.25) is 0 Å². The van der Waals surface area contributed by atoms with E-state index >= 15 is 0 Å². The zero-order chi connectivity index (χ0) is 13.1. The predicted octanol–water partition coefficient (Wildman–Crippen LogP) is 2.55. The molecule has 0 aliphatic carbocycles. The molecule has 0 aromatic carbocycles. The second kappa shape index (κ2) is 5.65. The lowest BCUT2D eigenvalue weighted by Gasteiger charge is -2.27. The summed E-state index contributed by atoms with van der Waals surface area (Å²) in [5, 5.41) is 4.85. The molecule has 1 aromatic heterocycles. The summed E-state index contributed by atoms with van der Waals surface area (Å²) in [5.41, 5.74) is 6.07. The van der Waals surface area contributed by atoms with E-state index in [-0.39, 0.29) is 11.3 Å². The van der Waals surface area contributed by atoms with Crippen molar-refractivity contribution < 1.29 is 4.79 Å². The van der Waals surface area contributed by atoms with Crippen molar-refractivity contribution in [3.05, 3.63) is 22.4 Å². The highest BCUT2D eigenvalue weighted by Crippen LogP contribution is 2.24. The van der Waals surface area contributed by atoms with Gasteiger partial charge in [-0.15, -0.1) is 11.3 Å². The minimum Gasteiger partial charge on any atom is -0.354 e. The third-order valence-electron chi connectivity index (χ3n) is 3.19. The molecule has 17 heavy (non-hydrogen) atoms. The number of amides is 1. The zero-order valence-corrected chi connectivity index (χ0v) is 11.8. The lowest BCUT2D eigenvalue weighted by atomic mass is 9.82. The molecule has 0 saturated heterocycles. The van der Waals surface area contributed by atoms with Crippen LogP contribution < -0.4 is 11.1 Å². The minimum atomic E-state index is -0.540. The fourth-order valence-corrected chi connectivity index (χ4v) is 1.99. The van der Waals surface area contributed by atoms with E-state index in [4.69, 9.17) is 5.73 Å². The van der Waals surface area contributed by atoms with Gasteiger partial charge in [-0.2, -0.15) is 0 Å². The van der Waals surface area contributed by atoms with Crippen LogP contribution in [0.1, 0.15) is 38.6 Å². The molecule has 1 heterocycles. The third kappa shape index (κ3) is 4.13. The van der Waals surface area contributed by atoms with Crippen LogP contribution in [-0.2, 0) is 4.79 Å². The number of nitrogens with one attached hydrogen (secondary N) is 1. The highest BCUT2D eigenvalue weighted by molar-refractivity contribution is 7.10. The summed E-state index contributed by atoms with van der Waals surface area (Å²) in [4.78, 5) is 12.8. The lowest BCUT2D eigenvalue weighted by molar-refractivity contribution is -0.122. The van der Waals surface area contributed by atoms with Gasteiger partial charge in [-0.1, -0.05) is 33.8 Å². The second-order valence-corrected chi connectivity index (χ2v) is 6.48. The Morgan fingerprint density at radius 2 is 2.18 bits per heavy atom. The molecule has 1 aromatic rings. The maximum Gasteiger partial charge on any atom is 0.242 e. The normalized spacial score (nSPS) is 15.4. The third-order valence-corrected chi connectivity index (χ3v) is 4.15. The average molecular weight is 254 g/mol. The van der Waals surface area contributed by atoms with Gasteiger partial charge >= 0.3 is 0 Å². The molecule has 0 bridgehead atoms. The van der Waals surface area contributed by atoms with Gasteiger partial charge in [-0.3, -0.25) is 4.79 Å². The van der Waals surface area contributed by atoms with Crippen molar-refractivity contribution in [2.45, 2.75) is 33.7 Å². The Morgan fingerprint density at radius 3 is 2.65 bits per heavy atom. The molecule has 3 N–H and O–H groups in total. The van der Waals surface area contributed by atoms with Crippen molar-refractivity contribution in [3.63, 3.8) is 0 Å². The molecule has 0 aliphatic rings. The molecule has 0 saturated carbocycles. The van der Waals surface area contributed by atoms with Crippen LogP contribution in [0.25, 0.3) is 0 Å². The molecule has 3 nitrogen and oxygen atoms in total. The number of thiophene rings is 1. The molecule has 2 unspecified atom stereocenters. The van der Waals surface area contributed by atoms with Crippen molar-refractivity contribution in [2.75, 3.05) is 6.54 Å². The zero-order valence-electron chi connectivity index (χ0n) is 11.0. The Bertz CT molecular complexity index is 354. The number of hydrogen-bond donors (Lipinski definition) is 2. The van der Waals surface area contributed by atoms with E-state index in [1.165, 1.54) is 11.3 Å². The van der Waals surface area contributed by atoms with E-state index in [0.29, 0.717) is 12.5 Å². The first-order valence-corrected chi connectivity index (χ1v) is 6.77. The van der Waals surface area contributed by atoms with Gasteiger partial charge in [-0.25, -0.2) is 0 Å². The van der Waals surface area contributed by atoms with E-state index in [9.17, 15) is 4.79 Å². The number of rotatable bonds is 4. The largest absolute Gasteiger partial charge is 0.354 e. The molecule has 0 radical (unpaired) electrons. The average Bonchev–Trinajstić information content (AvgIpc) is 2.76. The Hall–Kier alpha value is -0.870. The van der Waals surface area contributed by atoms with E-state index in [1.54, 1.807) is 0 Å². The summed E-state index contributed by atoms with van der Waals surface area (Å²) in [7, 11) is 0. The van der Waals surface area contributed by atoms with E-state index in [2.05, 4.69) is 33.0 Å². The van der Waals surface area contributed by atoms with Crippen LogP contribution in [0.4, 0.5) is 0 Å². The fraction of sp³-hybridized carbons (Fsp3) is 0.615. The first-order chi connectivity index (χ1) is 7.82. The Kier molecular flexibility index (Phi) is 4.71. The lowest BCUT2D eigenvalue weighted by Crippen LogP contribution is -2.38. The topological polar surface area (TPSA) is 55.1 Å². The van der Waals surface area contributed by atoms with Gasteiger partial charge in [0.05, 0.1) is 0 Å². The van der Waals surface area contributed by atoms with Crippen molar-refractivity contribution >= 4 is 17.2 Å². The van der Waals surface area contributed by atoms with Crippen LogP contribution in [0.3, 0.4) is 0 Å². The van der Waals surface area contributed by atoms with E-state index in [0.717, 1.165) is 4.88 Å². The molecule has 1 rings (SSSR count). The van der Waals surface area contributed by atoms with Gasteiger partial charge < -0.3 is 11.1 Å². The van der Waals surface area contributed by atoms with Gasteiger partial charge in [0.25, 0.3) is 0 Å². The monoisotopic (exact) mass is 254 g/mol. The maximum absolute atomic E-state index is 11.8. The molecular formula is C13H22N2OS. The first-order valence-electron chi connectivity index (χ1n) is 5.89. The highest BCUT2D eigenvalue weighted by Gasteiger charge is 2.22. The number of carbonyl (C=O) groups excluding carboxylic acids is 1. The van der Waals surface area contributed by atoms with Crippen LogP contribution in [0, 0.1) is 11.3 Å². The highest BCUT2D eigenvalue weighted by atomic mass is 32.1. The van der Waals surface area contributed by atoms with Crippen LogP contribution in [0.15, 0.2) is 17.5 Å². The molecule has 96 valence electrons. The quantitative estimate of drug-likeness (QED) is 0.867. The van der Waals surface area contributed by atoms with Crippen molar-refractivity contribution in [2.24, 2.45) is 17.1 Å². The minimum absolute atomic E-state index is 0.0939. The molecule has 0 spiro atoms. The summed E-state index contributed by atoms with van der Waals surface area (Å²) in [5.74, 6) is 0.325. The first kappa shape index (κ1) is 14.2. The van der Waals surface area contributed by atoms with E-state index < -0.39 is 6.04 Å². The van der Waals surface area contributed by atoms with Crippen LogP contribution in [0.5, 0.6) is 0 Å². The van der Waals surface area contributed by atoms with Crippen molar-refractivity contribution in [1.82, 2.24) is 5.32 Å². The van der Waals surface area contributed by atoms with Gasteiger partial charge in [0.15, 0.2) is 0 Å². The SMILES string of the molecule is CC(CNC(=O)C(N)c1cccs1)C(C)(C)C. The van der Waals surface area contributed by atoms with Gasteiger partial charge in [0, 0.05) is 11.4 Å². The molecule has 4 heteroatoms. The Balaban J connectivity index is 2.45. The van der Waals surface area contributed by atoms with Crippen LogP contribution in [-0.4, -0.2) is 12.5 Å². The van der Waals surface area contributed by atoms with Gasteiger partial charge in [0.2, 0.25) is 5.91 Å². The summed E-state index contributed by atoms with van der Waals surface area (Å²) in [6, 6.07) is 3.26. The molecular weight excluding hydrogens is 232 g/mol. The van der Waals surface area contributed by atoms with Gasteiger partial charge in [-0.05, 0) is 22.8 Å². The smallest absolute Gasteiger partial charge is 0.242 e. The molecule has 2 atom stereocenters. The molecule has 0 aliphatic heterocycles.